The van der Waals surface area contributed by atoms with E-state index in [4.69, 9.17) is 16.0 Å². The Balaban J connectivity index is 2.04. The van der Waals surface area contributed by atoms with E-state index < -0.39 is 10.4 Å². The first kappa shape index (κ1) is 15.8. The van der Waals surface area contributed by atoms with E-state index in [9.17, 15) is 8.42 Å². The molecule has 0 amide bonds. The molecule has 0 saturated carbocycles. The van der Waals surface area contributed by atoms with E-state index in [1.807, 2.05) is 30.3 Å². The van der Waals surface area contributed by atoms with Crippen molar-refractivity contribution < 1.29 is 22.0 Å². The standard InChI is InChI=1S/C12H15N5O4S/c13-10-8-11(15-7-6-9-4-2-1-3-5-9)16-12(14)17(10)21-22(18,19)20/h1-5,8H,6-7H2,(H5,13,14,15,16,18,19,20)/p+1. The smallest absolute Gasteiger partial charge is 0.359 e. The zero-order valence-corrected chi connectivity index (χ0v) is 12.3. The molecule has 0 saturated heterocycles. The van der Waals surface area contributed by atoms with Crippen molar-refractivity contribution >= 4 is 28.0 Å². The molecule has 1 aromatic heterocycles. The van der Waals surface area contributed by atoms with E-state index in [0.717, 1.165) is 12.0 Å². The highest BCUT2D eigenvalue weighted by atomic mass is 32.3. The number of hydrogen-bond acceptors (Lipinski definition) is 7. The Morgan fingerprint density at radius 3 is 2.55 bits per heavy atom. The molecule has 0 spiro atoms. The molecule has 2 aromatic rings. The predicted octanol–water partition coefficient (Wildman–Crippen LogP) is -0.580. The molecule has 0 bridgehead atoms. The van der Waals surface area contributed by atoms with Crippen LogP contribution in [-0.4, -0.2) is 24.5 Å². The lowest BCUT2D eigenvalue weighted by Gasteiger charge is -2.07. The fourth-order valence-corrected chi connectivity index (χ4v) is 2.13. The van der Waals surface area contributed by atoms with E-state index in [1.165, 1.54) is 6.07 Å². The van der Waals surface area contributed by atoms with Gasteiger partial charge in [0.05, 0.1) is 6.07 Å². The minimum Gasteiger partial charge on any atom is -0.359 e. The number of nitrogen functional groups attached to an aromatic ring is 2. The van der Waals surface area contributed by atoms with Gasteiger partial charge in [0.25, 0.3) is 0 Å². The molecular weight excluding hydrogens is 310 g/mol. The second-order valence-corrected chi connectivity index (χ2v) is 5.39. The van der Waals surface area contributed by atoms with E-state index in [1.54, 1.807) is 0 Å². The average molecular weight is 326 g/mol. The Morgan fingerprint density at radius 1 is 1.27 bits per heavy atom. The van der Waals surface area contributed by atoms with Crippen LogP contribution in [0.15, 0.2) is 36.4 Å². The molecule has 0 atom stereocenters. The first-order valence-corrected chi connectivity index (χ1v) is 7.65. The van der Waals surface area contributed by atoms with Gasteiger partial charge in [-0.2, -0.15) is 8.42 Å². The molecule has 0 fully saturated rings. The minimum absolute atomic E-state index is 0.132. The largest absolute Gasteiger partial charge is 0.474 e. The average Bonchev–Trinajstić information content (AvgIpc) is 2.43. The van der Waals surface area contributed by atoms with Gasteiger partial charge in [0.15, 0.2) is 5.82 Å². The highest BCUT2D eigenvalue weighted by molar-refractivity contribution is 7.80. The van der Waals surface area contributed by atoms with E-state index in [2.05, 4.69) is 14.6 Å². The van der Waals surface area contributed by atoms with Gasteiger partial charge >= 0.3 is 16.3 Å². The molecule has 2 rings (SSSR count). The monoisotopic (exact) mass is 326 g/mol. The number of aromatic nitrogens is 2. The highest BCUT2D eigenvalue weighted by Crippen LogP contribution is 2.08. The molecule has 6 N–H and O–H groups in total. The number of nitrogens with one attached hydrogen (secondary N) is 1. The van der Waals surface area contributed by atoms with Gasteiger partial charge in [0, 0.05) is 6.54 Å². The third-order valence-corrected chi connectivity index (χ3v) is 3.03. The molecule has 1 heterocycles. The van der Waals surface area contributed by atoms with Crippen molar-refractivity contribution in [1.29, 1.82) is 0 Å². The summed E-state index contributed by atoms with van der Waals surface area (Å²) in [5, 5.41) is 3.01. The van der Waals surface area contributed by atoms with Crippen LogP contribution in [0.1, 0.15) is 5.56 Å². The maximum absolute atomic E-state index is 10.7. The van der Waals surface area contributed by atoms with Gasteiger partial charge in [-0.05, 0) is 16.7 Å². The van der Waals surface area contributed by atoms with Crippen LogP contribution in [-0.2, 0) is 16.8 Å². The summed E-state index contributed by atoms with van der Waals surface area (Å²) in [7, 11) is -4.75. The maximum Gasteiger partial charge on any atom is 0.474 e. The third-order valence-electron chi connectivity index (χ3n) is 2.69. The van der Waals surface area contributed by atoms with Crippen molar-refractivity contribution in [3.8, 4) is 0 Å². The van der Waals surface area contributed by atoms with Crippen LogP contribution in [0.25, 0.3) is 0 Å². The van der Waals surface area contributed by atoms with Crippen LogP contribution in [0.5, 0.6) is 0 Å². The maximum atomic E-state index is 10.7. The van der Waals surface area contributed by atoms with Crippen molar-refractivity contribution in [2.24, 2.45) is 0 Å². The normalized spacial score (nSPS) is 11.1. The second-order valence-electron chi connectivity index (χ2n) is 4.38. The van der Waals surface area contributed by atoms with Gasteiger partial charge in [-0.1, -0.05) is 35.3 Å². The molecule has 9 nitrogen and oxygen atoms in total. The second kappa shape index (κ2) is 6.45. The number of benzene rings is 1. The molecule has 0 aliphatic carbocycles. The predicted molar refractivity (Wildman–Crippen MR) is 80.0 cm³/mol. The van der Waals surface area contributed by atoms with Crippen LogP contribution in [0, 0.1) is 0 Å². The first-order chi connectivity index (χ1) is 10.3. The van der Waals surface area contributed by atoms with Gasteiger partial charge < -0.3 is 16.8 Å². The van der Waals surface area contributed by atoms with Crippen molar-refractivity contribution in [2.45, 2.75) is 6.42 Å². The first-order valence-electron chi connectivity index (χ1n) is 6.28. The SMILES string of the molecule is Nc1cc(NCCc2ccccc2)nc(N)[n+]1OS(=O)(=O)O. The van der Waals surface area contributed by atoms with Gasteiger partial charge in [-0.3, -0.25) is 4.55 Å². The topological polar surface area (TPSA) is 144 Å². The number of anilines is 3. The zero-order chi connectivity index (χ0) is 16.2. The van der Waals surface area contributed by atoms with Gasteiger partial charge in [0.2, 0.25) is 5.82 Å². The van der Waals surface area contributed by atoms with Crippen molar-refractivity contribution in [3.05, 3.63) is 42.0 Å². The van der Waals surface area contributed by atoms with E-state index >= 15 is 0 Å². The molecule has 118 valence electrons. The van der Waals surface area contributed by atoms with Crippen LogP contribution < -0.4 is 25.8 Å². The van der Waals surface area contributed by atoms with Crippen molar-refractivity contribution in [1.82, 2.24) is 4.98 Å². The summed E-state index contributed by atoms with van der Waals surface area (Å²) < 4.78 is 34.7. The summed E-state index contributed by atoms with van der Waals surface area (Å²) in [6, 6.07) is 11.2. The fourth-order valence-electron chi connectivity index (χ4n) is 1.78. The van der Waals surface area contributed by atoms with Crippen molar-refractivity contribution in [3.63, 3.8) is 0 Å². The summed E-state index contributed by atoms with van der Waals surface area (Å²) >= 11 is 0. The molecule has 22 heavy (non-hydrogen) atoms. The van der Waals surface area contributed by atoms with Crippen LogP contribution in [0.3, 0.4) is 0 Å². The Morgan fingerprint density at radius 2 is 1.95 bits per heavy atom. The number of hydrogen-bond donors (Lipinski definition) is 4. The molecule has 0 radical (unpaired) electrons. The van der Waals surface area contributed by atoms with Crippen LogP contribution in [0.4, 0.5) is 17.6 Å². The van der Waals surface area contributed by atoms with E-state index in [-0.39, 0.29) is 11.8 Å². The van der Waals surface area contributed by atoms with Crippen LogP contribution in [0.2, 0.25) is 0 Å². The lowest BCUT2D eigenvalue weighted by molar-refractivity contribution is -0.835. The number of nitrogens with two attached hydrogens (primary N) is 2. The summed E-state index contributed by atoms with van der Waals surface area (Å²) in [6.07, 6.45) is 0.763. The molecule has 1 aromatic carbocycles. The van der Waals surface area contributed by atoms with E-state index in [0.29, 0.717) is 17.1 Å². The lowest BCUT2D eigenvalue weighted by Crippen LogP contribution is -2.50. The molecule has 0 aliphatic rings. The highest BCUT2D eigenvalue weighted by Gasteiger charge is 2.19. The third kappa shape index (κ3) is 4.46. The van der Waals surface area contributed by atoms with Gasteiger partial charge in [-0.15, -0.1) is 0 Å². The summed E-state index contributed by atoms with van der Waals surface area (Å²) in [4.78, 5) is 3.90. The lowest BCUT2D eigenvalue weighted by atomic mass is 10.1. The van der Waals surface area contributed by atoms with Crippen molar-refractivity contribution in [2.75, 3.05) is 23.3 Å². The minimum atomic E-state index is -4.75. The Bertz CT molecular complexity index is 728. The summed E-state index contributed by atoms with van der Waals surface area (Å²) in [5.74, 6) is -0.0895. The number of nitrogens with zero attached hydrogens (tertiary/aromatic N) is 2. The Labute approximate surface area is 127 Å². The summed E-state index contributed by atoms with van der Waals surface area (Å²) in [6.45, 7) is 0.582. The fraction of sp³-hybridized carbons (Fsp3) is 0.167. The van der Waals surface area contributed by atoms with Gasteiger partial charge in [-0.25, -0.2) is 4.28 Å². The number of rotatable bonds is 6. The Hall–Kier alpha value is -2.59. The molecular formula is C12H16N5O4S+. The quantitative estimate of drug-likeness (QED) is 0.407. The molecule has 10 heteroatoms. The zero-order valence-electron chi connectivity index (χ0n) is 11.5. The van der Waals surface area contributed by atoms with Gasteiger partial charge in [0.1, 0.15) is 0 Å². The Kier molecular flexibility index (Phi) is 4.63. The van der Waals surface area contributed by atoms with Crippen LogP contribution >= 0.6 is 0 Å². The molecule has 0 unspecified atom stereocenters. The molecule has 0 aliphatic heterocycles. The summed E-state index contributed by atoms with van der Waals surface area (Å²) in [5.41, 5.74) is 12.3.